The number of nitrogens with zero attached hydrogens (tertiary/aromatic N) is 1. The van der Waals surface area contributed by atoms with Gasteiger partial charge in [-0.05, 0) is 32.9 Å². The Hall–Kier alpha value is -2.57. The van der Waals surface area contributed by atoms with Gasteiger partial charge in [-0.2, -0.15) is 0 Å². The van der Waals surface area contributed by atoms with Crippen LogP contribution in [0, 0.1) is 5.82 Å². The molecule has 25 heavy (non-hydrogen) atoms. The molecule has 1 atom stereocenters. The second kappa shape index (κ2) is 7.55. The molecule has 0 bridgehead atoms. The van der Waals surface area contributed by atoms with Crippen molar-refractivity contribution in [2.75, 3.05) is 12.0 Å². The van der Waals surface area contributed by atoms with Gasteiger partial charge in [-0.3, -0.25) is 14.5 Å². The molecule has 0 saturated heterocycles. The summed E-state index contributed by atoms with van der Waals surface area (Å²) in [4.78, 5) is 24.7. The number of esters is 1. The van der Waals surface area contributed by atoms with Gasteiger partial charge in [-0.1, -0.05) is 0 Å². The van der Waals surface area contributed by atoms with Crippen molar-refractivity contribution >= 4 is 17.9 Å². The van der Waals surface area contributed by atoms with Gasteiger partial charge in [-0.15, -0.1) is 0 Å². The lowest BCUT2D eigenvalue weighted by atomic mass is 10.2. The van der Waals surface area contributed by atoms with Gasteiger partial charge in [0, 0.05) is 18.2 Å². The van der Waals surface area contributed by atoms with Crippen LogP contribution < -0.4 is 9.64 Å². The molecular formula is C18H22FNO5. The highest BCUT2D eigenvalue weighted by molar-refractivity contribution is 5.81. The zero-order valence-corrected chi connectivity index (χ0v) is 14.7. The summed E-state index contributed by atoms with van der Waals surface area (Å²) in [5, 5.41) is 0. The van der Waals surface area contributed by atoms with Crippen LogP contribution in [-0.2, 0) is 19.1 Å². The number of benzene rings is 1. The third-order valence-electron chi connectivity index (χ3n) is 3.46. The Morgan fingerprint density at radius 1 is 1.40 bits per heavy atom. The maximum atomic E-state index is 14.0. The molecular weight excluding hydrogens is 329 g/mol. The lowest BCUT2D eigenvalue weighted by Crippen LogP contribution is -2.33. The second-order valence-corrected chi connectivity index (χ2v) is 6.57. The van der Waals surface area contributed by atoms with Crippen molar-refractivity contribution in [3.05, 3.63) is 36.0 Å². The van der Waals surface area contributed by atoms with E-state index < -0.39 is 17.6 Å². The van der Waals surface area contributed by atoms with Gasteiger partial charge in [0.1, 0.15) is 17.6 Å². The highest BCUT2D eigenvalue weighted by Crippen LogP contribution is 2.32. The predicted molar refractivity (Wildman–Crippen MR) is 89.5 cm³/mol. The highest BCUT2D eigenvalue weighted by atomic mass is 19.1. The molecule has 6 nitrogen and oxygen atoms in total. The van der Waals surface area contributed by atoms with Crippen LogP contribution in [0.4, 0.5) is 10.1 Å². The van der Waals surface area contributed by atoms with E-state index in [0.717, 1.165) is 0 Å². The predicted octanol–water partition coefficient (Wildman–Crippen LogP) is 3.16. The minimum Gasteiger partial charge on any atom is -0.494 e. The smallest absolute Gasteiger partial charge is 0.306 e. The minimum absolute atomic E-state index is 0.103. The fraction of sp³-hybridized carbons (Fsp3) is 0.444. The Labute approximate surface area is 146 Å². The van der Waals surface area contributed by atoms with Crippen molar-refractivity contribution in [2.24, 2.45) is 0 Å². The topological polar surface area (TPSA) is 65.1 Å². The quantitative estimate of drug-likeness (QED) is 0.579. The first kappa shape index (κ1) is 18.8. The second-order valence-electron chi connectivity index (χ2n) is 6.57. The van der Waals surface area contributed by atoms with E-state index in [2.05, 4.69) is 0 Å². The van der Waals surface area contributed by atoms with Crippen LogP contribution in [0.1, 0.15) is 33.6 Å². The zero-order valence-electron chi connectivity index (χ0n) is 14.7. The third kappa shape index (κ3) is 4.71. The monoisotopic (exact) mass is 351 g/mol. The van der Waals surface area contributed by atoms with E-state index in [0.29, 0.717) is 12.0 Å². The van der Waals surface area contributed by atoms with E-state index in [1.165, 1.54) is 25.5 Å². The van der Waals surface area contributed by atoms with Gasteiger partial charge < -0.3 is 14.2 Å². The Bertz CT molecular complexity index is 681. The van der Waals surface area contributed by atoms with Crippen LogP contribution in [-0.4, -0.2) is 31.2 Å². The molecule has 136 valence electrons. The number of rotatable bonds is 6. The molecule has 0 N–H and O–H groups in total. The molecule has 1 aromatic carbocycles. The van der Waals surface area contributed by atoms with Crippen molar-refractivity contribution in [3.8, 4) is 5.75 Å². The van der Waals surface area contributed by atoms with E-state index in [4.69, 9.17) is 14.2 Å². The molecule has 0 fully saturated rings. The Morgan fingerprint density at radius 3 is 2.68 bits per heavy atom. The maximum absolute atomic E-state index is 14.0. The standard InChI is InChI=1S/C18H22FNO5/c1-18(2,3)25-17(22)8-7-16-20(13(10-21)11-24-16)12-5-6-15(23-4)14(19)9-12/h5-6,9-11,16H,7-8H2,1-4H3. The number of halogens is 1. The molecule has 0 spiro atoms. The van der Waals surface area contributed by atoms with Gasteiger partial charge >= 0.3 is 5.97 Å². The van der Waals surface area contributed by atoms with E-state index in [9.17, 15) is 14.0 Å². The summed E-state index contributed by atoms with van der Waals surface area (Å²) in [7, 11) is 1.37. The molecule has 2 rings (SSSR count). The van der Waals surface area contributed by atoms with E-state index in [1.54, 1.807) is 31.7 Å². The molecule has 0 radical (unpaired) electrons. The van der Waals surface area contributed by atoms with Gasteiger partial charge in [0.05, 0.1) is 13.5 Å². The molecule has 0 aromatic heterocycles. The van der Waals surface area contributed by atoms with E-state index >= 15 is 0 Å². The number of allylic oxidation sites excluding steroid dienone is 1. The average Bonchev–Trinajstić information content (AvgIpc) is 2.94. The molecule has 0 aliphatic carbocycles. The third-order valence-corrected chi connectivity index (χ3v) is 3.46. The van der Waals surface area contributed by atoms with Crippen LogP contribution in [0.2, 0.25) is 0 Å². The fourth-order valence-corrected chi connectivity index (χ4v) is 2.47. The number of hydrogen-bond acceptors (Lipinski definition) is 6. The van der Waals surface area contributed by atoms with Gasteiger partial charge in [0.2, 0.25) is 0 Å². The van der Waals surface area contributed by atoms with E-state index in [1.807, 2.05) is 0 Å². The number of aldehydes is 1. The molecule has 1 heterocycles. The van der Waals surface area contributed by atoms with Crippen LogP contribution in [0.25, 0.3) is 0 Å². The minimum atomic E-state index is -0.597. The van der Waals surface area contributed by atoms with Gasteiger partial charge in [0.15, 0.2) is 24.1 Å². The first-order valence-corrected chi connectivity index (χ1v) is 7.90. The Balaban J connectivity index is 2.12. The largest absolute Gasteiger partial charge is 0.494 e. The first-order chi connectivity index (χ1) is 11.7. The maximum Gasteiger partial charge on any atom is 0.306 e. The van der Waals surface area contributed by atoms with Crippen LogP contribution in [0.3, 0.4) is 0 Å². The lowest BCUT2D eigenvalue weighted by molar-refractivity contribution is -0.155. The summed E-state index contributed by atoms with van der Waals surface area (Å²) in [5.41, 5.74) is 0.112. The van der Waals surface area contributed by atoms with Gasteiger partial charge in [0.25, 0.3) is 0 Å². The van der Waals surface area contributed by atoms with Crippen molar-refractivity contribution < 1.29 is 28.2 Å². The summed E-state index contributed by atoms with van der Waals surface area (Å²) in [6.07, 6.45) is 1.72. The normalized spacial score (nSPS) is 16.9. The fourth-order valence-electron chi connectivity index (χ4n) is 2.47. The molecule has 0 saturated carbocycles. The van der Waals surface area contributed by atoms with Crippen molar-refractivity contribution in [1.29, 1.82) is 0 Å². The molecule has 1 aromatic rings. The number of carbonyl (C=O) groups is 2. The first-order valence-electron chi connectivity index (χ1n) is 7.90. The summed E-state index contributed by atoms with van der Waals surface area (Å²) < 4.78 is 29.6. The molecule has 1 aliphatic rings. The summed E-state index contributed by atoms with van der Waals surface area (Å²) in [6, 6.07) is 4.34. The number of methoxy groups -OCH3 is 1. The molecule has 7 heteroatoms. The summed E-state index contributed by atoms with van der Waals surface area (Å²) in [6.45, 7) is 5.36. The van der Waals surface area contributed by atoms with Crippen molar-refractivity contribution in [1.82, 2.24) is 0 Å². The Morgan fingerprint density at radius 2 is 2.12 bits per heavy atom. The summed E-state index contributed by atoms with van der Waals surface area (Å²) in [5.74, 6) is -0.814. The van der Waals surface area contributed by atoms with Crippen LogP contribution in [0.15, 0.2) is 30.2 Å². The van der Waals surface area contributed by atoms with Crippen molar-refractivity contribution in [2.45, 2.75) is 45.4 Å². The van der Waals surface area contributed by atoms with Crippen molar-refractivity contribution in [3.63, 3.8) is 0 Å². The number of hydrogen-bond donors (Lipinski definition) is 0. The molecule has 1 unspecified atom stereocenters. The lowest BCUT2D eigenvalue weighted by Gasteiger charge is -2.27. The number of carbonyl (C=O) groups excluding carboxylic acids is 2. The molecule has 0 amide bonds. The average molecular weight is 351 g/mol. The zero-order chi connectivity index (χ0) is 18.6. The highest BCUT2D eigenvalue weighted by Gasteiger charge is 2.30. The molecule has 1 aliphatic heterocycles. The van der Waals surface area contributed by atoms with E-state index in [-0.39, 0.29) is 30.3 Å². The Kier molecular flexibility index (Phi) is 5.66. The van der Waals surface area contributed by atoms with Gasteiger partial charge in [-0.25, -0.2) is 4.39 Å². The number of anilines is 1. The van der Waals surface area contributed by atoms with Crippen LogP contribution >= 0.6 is 0 Å². The SMILES string of the molecule is COc1ccc(N2C(C=O)=COC2CCC(=O)OC(C)(C)C)cc1F. The summed E-state index contributed by atoms with van der Waals surface area (Å²) >= 11 is 0. The van der Waals surface area contributed by atoms with Crippen LogP contribution in [0.5, 0.6) is 5.75 Å². The number of ether oxygens (including phenoxy) is 3.